The van der Waals surface area contributed by atoms with Gasteiger partial charge in [-0.25, -0.2) is 0 Å². The summed E-state index contributed by atoms with van der Waals surface area (Å²) in [5.74, 6) is 1.42. The van der Waals surface area contributed by atoms with E-state index in [9.17, 15) is 4.79 Å². The second-order valence-electron chi connectivity index (χ2n) is 4.27. The molecule has 0 N–H and O–H groups in total. The summed E-state index contributed by atoms with van der Waals surface area (Å²) in [6.45, 7) is 1.86. The fourth-order valence-electron chi connectivity index (χ4n) is 2.02. The van der Waals surface area contributed by atoms with Gasteiger partial charge in [0.2, 0.25) is 0 Å². The van der Waals surface area contributed by atoms with Crippen LogP contribution in [0.5, 0.6) is 0 Å². The van der Waals surface area contributed by atoms with Crippen LogP contribution in [-0.2, 0) is 0 Å². The topological polar surface area (TPSA) is 30.2 Å². The Kier molecular flexibility index (Phi) is 3.05. The summed E-state index contributed by atoms with van der Waals surface area (Å²) < 4.78 is 5.69. The smallest absolute Gasteiger partial charge is 0.196 e. The summed E-state index contributed by atoms with van der Waals surface area (Å²) in [4.78, 5) is 13.5. The largest absolute Gasteiger partial charge is 0.460 e. The van der Waals surface area contributed by atoms with Gasteiger partial charge >= 0.3 is 0 Å². The van der Waals surface area contributed by atoms with Crippen molar-refractivity contribution < 1.29 is 9.21 Å². The van der Waals surface area contributed by atoms with Crippen LogP contribution in [0.25, 0.3) is 10.6 Å². The minimum atomic E-state index is 0.000787. The first-order valence-electron chi connectivity index (χ1n) is 6.00. The van der Waals surface area contributed by atoms with Gasteiger partial charge in [-0.2, -0.15) is 0 Å². The Balaban J connectivity index is 2.09. The van der Waals surface area contributed by atoms with Crippen molar-refractivity contribution in [3.63, 3.8) is 0 Å². The molecule has 0 radical (unpaired) electrons. The Morgan fingerprint density at radius 3 is 2.58 bits per heavy atom. The molecule has 0 bridgehead atoms. The average molecular weight is 268 g/mol. The molecule has 94 valence electrons. The molecule has 0 aliphatic heterocycles. The standard InChI is InChI=1S/C16H12O2S/c1-11-10-13(15(17)12-6-3-2-4-7-12)16(18-11)14-8-5-9-19-14/h2-10H,1H3. The fraction of sp³-hybridized carbons (Fsp3) is 0.0625. The third-order valence-electron chi connectivity index (χ3n) is 2.88. The summed E-state index contributed by atoms with van der Waals surface area (Å²) in [6.07, 6.45) is 0. The van der Waals surface area contributed by atoms with Gasteiger partial charge in [-0.05, 0) is 24.4 Å². The number of furan rings is 1. The SMILES string of the molecule is Cc1cc(C(=O)c2ccccc2)c(-c2cccs2)o1. The highest BCUT2D eigenvalue weighted by atomic mass is 32.1. The van der Waals surface area contributed by atoms with E-state index in [2.05, 4.69) is 0 Å². The van der Waals surface area contributed by atoms with Crippen LogP contribution in [0.3, 0.4) is 0 Å². The lowest BCUT2D eigenvalue weighted by Crippen LogP contribution is -2.00. The van der Waals surface area contributed by atoms with Crippen LogP contribution in [0.4, 0.5) is 0 Å². The molecule has 3 aromatic rings. The van der Waals surface area contributed by atoms with Gasteiger partial charge in [-0.3, -0.25) is 4.79 Å². The zero-order valence-electron chi connectivity index (χ0n) is 10.4. The van der Waals surface area contributed by atoms with Crippen LogP contribution in [0.2, 0.25) is 0 Å². The van der Waals surface area contributed by atoms with E-state index in [1.54, 1.807) is 11.3 Å². The summed E-state index contributed by atoms with van der Waals surface area (Å²) in [5.41, 5.74) is 1.31. The third kappa shape index (κ3) is 2.25. The molecular weight excluding hydrogens is 256 g/mol. The van der Waals surface area contributed by atoms with Gasteiger partial charge in [0, 0.05) is 5.56 Å². The van der Waals surface area contributed by atoms with Crippen molar-refractivity contribution in [3.05, 3.63) is 70.8 Å². The quantitative estimate of drug-likeness (QED) is 0.652. The zero-order valence-corrected chi connectivity index (χ0v) is 11.2. The van der Waals surface area contributed by atoms with E-state index in [1.807, 2.05) is 60.8 Å². The molecule has 0 spiro atoms. The Morgan fingerprint density at radius 1 is 1.11 bits per heavy atom. The second kappa shape index (κ2) is 4.86. The van der Waals surface area contributed by atoms with E-state index in [-0.39, 0.29) is 5.78 Å². The highest BCUT2D eigenvalue weighted by molar-refractivity contribution is 7.13. The summed E-state index contributed by atoms with van der Waals surface area (Å²) in [6, 6.07) is 15.0. The molecule has 1 aromatic carbocycles. The molecule has 2 nitrogen and oxygen atoms in total. The number of hydrogen-bond donors (Lipinski definition) is 0. The molecule has 2 heterocycles. The lowest BCUT2D eigenvalue weighted by Gasteiger charge is -2.00. The minimum absolute atomic E-state index is 0.000787. The van der Waals surface area contributed by atoms with Crippen molar-refractivity contribution in [2.45, 2.75) is 6.92 Å². The Morgan fingerprint density at radius 2 is 1.89 bits per heavy atom. The normalized spacial score (nSPS) is 10.6. The van der Waals surface area contributed by atoms with Crippen molar-refractivity contribution in [2.24, 2.45) is 0 Å². The number of carbonyl (C=O) groups is 1. The summed E-state index contributed by atoms with van der Waals surface area (Å²) in [5, 5.41) is 1.98. The lowest BCUT2D eigenvalue weighted by molar-refractivity contribution is 0.103. The lowest BCUT2D eigenvalue weighted by atomic mass is 10.0. The number of carbonyl (C=O) groups excluding carboxylic acids is 1. The van der Waals surface area contributed by atoms with Crippen LogP contribution in [0.1, 0.15) is 21.7 Å². The molecule has 0 unspecified atom stereocenters. The number of aryl methyl sites for hydroxylation is 1. The van der Waals surface area contributed by atoms with Crippen LogP contribution < -0.4 is 0 Å². The average Bonchev–Trinajstić information content (AvgIpc) is 3.07. The summed E-state index contributed by atoms with van der Waals surface area (Å²) in [7, 11) is 0. The van der Waals surface area contributed by atoms with Crippen LogP contribution in [0, 0.1) is 6.92 Å². The summed E-state index contributed by atoms with van der Waals surface area (Å²) >= 11 is 1.57. The fourth-order valence-corrected chi connectivity index (χ4v) is 2.74. The van der Waals surface area contributed by atoms with Gasteiger partial charge in [0.05, 0.1) is 10.4 Å². The number of hydrogen-bond acceptors (Lipinski definition) is 3. The Hall–Kier alpha value is -2.13. The molecule has 0 saturated heterocycles. The molecule has 0 amide bonds. The second-order valence-corrected chi connectivity index (χ2v) is 5.22. The van der Waals surface area contributed by atoms with Gasteiger partial charge in [0.15, 0.2) is 11.5 Å². The van der Waals surface area contributed by atoms with Gasteiger partial charge in [-0.1, -0.05) is 36.4 Å². The number of ketones is 1. The first-order valence-corrected chi connectivity index (χ1v) is 6.88. The first kappa shape index (κ1) is 11.9. The molecule has 2 aromatic heterocycles. The maximum atomic E-state index is 12.5. The molecule has 3 rings (SSSR count). The van der Waals surface area contributed by atoms with Crippen molar-refractivity contribution in [2.75, 3.05) is 0 Å². The number of rotatable bonds is 3. The number of thiophene rings is 1. The predicted molar refractivity (Wildman–Crippen MR) is 76.6 cm³/mol. The van der Waals surface area contributed by atoms with E-state index in [1.165, 1.54) is 0 Å². The van der Waals surface area contributed by atoms with E-state index in [4.69, 9.17) is 4.42 Å². The molecular formula is C16H12O2S. The van der Waals surface area contributed by atoms with E-state index >= 15 is 0 Å². The maximum absolute atomic E-state index is 12.5. The maximum Gasteiger partial charge on any atom is 0.196 e. The third-order valence-corrected chi connectivity index (χ3v) is 3.75. The monoisotopic (exact) mass is 268 g/mol. The van der Waals surface area contributed by atoms with Crippen molar-refractivity contribution in [3.8, 4) is 10.6 Å². The van der Waals surface area contributed by atoms with Gasteiger partial charge in [0.1, 0.15) is 5.76 Å². The van der Waals surface area contributed by atoms with Crippen LogP contribution in [0.15, 0.2) is 58.3 Å². The van der Waals surface area contributed by atoms with Gasteiger partial charge in [0.25, 0.3) is 0 Å². The Labute approximate surface area is 115 Å². The molecule has 3 heteroatoms. The minimum Gasteiger partial charge on any atom is -0.460 e. The van der Waals surface area contributed by atoms with Gasteiger partial charge in [-0.15, -0.1) is 11.3 Å². The molecule has 0 aliphatic carbocycles. The highest BCUT2D eigenvalue weighted by Crippen LogP contribution is 2.32. The first-order chi connectivity index (χ1) is 9.25. The van der Waals surface area contributed by atoms with Crippen molar-refractivity contribution in [1.29, 1.82) is 0 Å². The highest BCUT2D eigenvalue weighted by Gasteiger charge is 2.19. The van der Waals surface area contributed by atoms with Crippen molar-refractivity contribution in [1.82, 2.24) is 0 Å². The molecule has 0 aliphatic rings. The number of benzene rings is 1. The Bertz CT molecular complexity index is 694. The van der Waals surface area contributed by atoms with Crippen LogP contribution >= 0.6 is 11.3 Å². The van der Waals surface area contributed by atoms with Crippen molar-refractivity contribution >= 4 is 17.1 Å². The zero-order chi connectivity index (χ0) is 13.2. The van der Waals surface area contributed by atoms with Crippen LogP contribution in [-0.4, -0.2) is 5.78 Å². The molecule has 0 fully saturated rings. The van der Waals surface area contributed by atoms with E-state index in [0.717, 1.165) is 10.6 Å². The van der Waals surface area contributed by atoms with E-state index < -0.39 is 0 Å². The van der Waals surface area contributed by atoms with Gasteiger partial charge < -0.3 is 4.42 Å². The predicted octanol–water partition coefficient (Wildman–Crippen LogP) is 4.55. The van der Waals surface area contributed by atoms with E-state index in [0.29, 0.717) is 16.9 Å². The molecule has 0 saturated carbocycles. The molecule has 0 atom stereocenters. The molecule has 19 heavy (non-hydrogen) atoms.